The average Bonchev–Trinajstić information content (AvgIpc) is 3.43. The fraction of sp³-hybridized carbons (Fsp3) is 0.318. The summed E-state index contributed by atoms with van der Waals surface area (Å²) in [7, 11) is -2.31. The summed E-state index contributed by atoms with van der Waals surface area (Å²) in [6, 6.07) is 13.6. The van der Waals surface area contributed by atoms with Crippen LogP contribution in [-0.4, -0.2) is 38.8 Å². The Bertz CT molecular complexity index is 1150. The Morgan fingerprint density at radius 1 is 1.13 bits per heavy atom. The zero-order valence-corrected chi connectivity index (χ0v) is 17.7. The number of hydrogen-bond donors (Lipinski definition) is 1. The Labute approximate surface area is 175 Å². The van der Waals surface area contributed by atoms with Crippen molar-refractivity contribution in [1.82, 2.24) is 9.62 Å². The number of benzene rings is 2. The van der Waals surface area contributed by atoms with Crippen LogP contribution in [0.5, 0.6) is 5.75 Å². The molecule has 8 heteroatoms. The summed E-state index contributed by atoms with van der Waals surface area (Å²) in [5.41, 5.74) is 0.994. The molecule has 0 spiro atoms. The summed E-state index contributed by atoms with van der Waals surface area (Å²) < 4.78 is 38.6. The van der Waals surface area contributed by atoms with Crippen molar-refractivity contribution in [3.63, 3.8) is 0 Å². The second kappa shape index (κ2) is 8.12. The van der Waals surface area contributed by atoms with Crippen LogP contribution < -0.4 is 10.1 Å². The van der Waals surface area contributed by atoms with E-state index in [2.05, 4.69) is 5.32 Å². The highest BCUT2D eigenvalue weighted by molar-refractivity contribution is 7.89. The maximum absolute atomic E-state index is 13.0. The number of carbonyl (C=O) groups is 1. The zero-order valence-electron chi connectivity index (χ0n) is 16.9. The van der Waals surface area contributed by atoms with Gasteiger partial charge in [-0.2, -0.15) is 4.31 Å². The number of methoxy groups -OCH3 is 1. The molecule has 7 nitrogen and oxygen atoms in total. The minimum Gasteiger partial charge on any atom is -0.495 e. The largest absolute Gasteiger partial charge is 0.495 e. The highest BCUT2D eigenvalue weighted by Crippen LogP contribution is 2.30. The third-order valence-electron chi connectivity index (χ3n) is 5.33. The summed E-state index contributed by atoms with van der Waals surface area (Å²) in [6.07, 6.45) is 1.66. The molecule has 158 valence electrons. The summed E-state index contributed by atoms with van der Waals surface area (Å²) in [5.74, 6) is 0.468. The van der Waals surface area contributed by atoms with Crippen LogP contribution in [0.25, 0.3) is 11.0 Å². The third kappa shape index (κ3) is 3.80. The second-order valence-electron chi connectivity index (χ2n) is 7.36. The van der Waals surface area contributed by atoms with E-state index in [-0.39, 0.29) is 28.2 Å². The fourth-order valence-electron chi connectivity index (χ4n) is 3.65. The van der Waals surface area contributed by atoms with Gasteiger partial charge in [-0.1, -0.05) is 18.2 Å². The van der Waals surface area contributed by atoms with Gasteiger partial charge in [-0.05, 0) is 50.1 Å². The van der Waals surface area contributed by atoms with E-state index < -0.39 is 10.0 Å². The van der Waals surface area contributed by atoms with Crippen LogP contribution in [0.4, 0.5) is 0 Å². The topological polar surface area (TPSA) is 88.8 Å². The normalized spacial score (nSPS) is 15.9. The quantitative estimate of drug-likeness (QED) is 0.646. The molecule has 1 aliphatic heterocycles. The molecule has 1 N–H and O–H groups in total. The zero-order chi connectivity index (χ0) is 21.3. The Balaban J connectivity index is 1.59. The Morgan fingerprint density at radius 3 is 2.57 bits per heavy atom. The minimum absolute atomic E-state index is 0.0101. The van der Waals surface area contributed by atoms with Gasteiger partial charge in [0.25, 0.3) is 5.91 Å². The molecule has 1 atom stereocenters. The maximum atomic E-state index is 13.0. The molecule has 1 unspecified atom stereocenters. The van der Waals surface area contributed by atoms with Crippen LogP contribution in [0.15, 0.2) is 57.8 Å². The number of amides is 1. The molecule has 4 rings (SSSR count). The Hall–Kier alpha value is -2.84. The lowest BCUT2D eigenvalue weighted by molar-refractivity contribution is 0.0935. The Morgan fingerprint density at radius 2 is 1.87 bits per heavy atom. The molecule has 30 heavy (non-hydrogen) atoms. The van der Waals surface area contributed by atoms with Crippen molar-refractivity contribution in [2.45, 2.75) is 30.7 Å². The van der Waals surface area contributed by atoms with Gasteiger partial charge in [-0.15, -0.1) is 0 Å². The van der Waals surface area contributed by atoms with Crippen LogP contribution in [0.3, 0.4) is 0 Å². The lowest BCUT2D eigenvalue weighted by atomic mass is 10.1. The molecule has 3 aromatic rings. The van der Waals surface area contributed by atoms with E-state index in [9.17, 15) is 13.2 Å². The third-order valence-corrected chi connectivity index (χ3v) is 7.25. The van der Waals surface area contributed by atoms with Gasteiger partial charge in [0.15, 0.2) is 0 Å². The predicted octanol–water partition coefficient (Wildman–Crippen LogP) is 3.72. The number of fused-ring (bicyclic) bond motifs is 1. The molecule has 0 bridgehead atoms. The van der Waals surface area contributed by atoms with Crippen LogP contribution in [-0.2, 0) is 10.0 Å². The first-order chi connectivity index (χ1) is 14.4. The van der Waals surface area contributed by atoms with Crippen LogP contribution >= 0.6 is 0 Å². The lowest BCUT2D eigenvalue weighted by Gasteiger charge is -2.18. The summed E-state index contributed by atoms with van der Waals surface area (Å²) in [6.45, 7) is 2.77. The van der Waals surface area contributed by atoms with E-state index >= 15 is 0 Å². The molecule has 1 aliphatic rings. The molecular weight excluding hydrogens is 404 g/mol. The molecule has 0 saturated carbocycles. The van der Waals surface area contributed by atoms with Crippen molar-refractivity contribution in [2.75, 3.05) is 20.2 Å². The number of ether oxygens (including phenoxy) is 1. The monoisotopic (exact) mass is 428 g/mol. The van der Waals surface area contributed by atoms with E-state index in [0.29, 0.717) is 18.8 Å². The van der Waals surface area contributed by atoms with E-state index in [1.54, 1.807) is 6.07 Å². The molecular formula is C22H24N2O5S. The molecule has 2 heterocycles. The van der Waals surface area contributed by atoms with Crippen LogP contribution in [0, 0.1) is 0 Å². The minimum atomic E-state index is -3.73. The van der Waals surface area contributed by atoms with Gasteiger partial charge < -0.3 is 14.5 Å². The fourth-order valence-corrected chi connectivity index (χ4v) is 5.35. The first-order valence-corrected chi connectivity index (χ1v) is 11.3. The lowest BCUT2D eigenvalue weighted by Crippen LogP contribution is -2.29. The smallest absolute Gasteiger partial charge is 0.251 e. The number of nitrogens with zero attached hydrogens (tertiary/aromatic N) is 1. The summed E-state index contributed by atoms with van der Waals surface area (Å²) in [5, 5.41) is 3.83. The highest BCUT2D eigenvalue weighted by Gasteiger charge is 2.31. The molecule has 1 fully saturated rings. The Kier molecular flexibility index (Phi) is 5.53. The number of para-hydroxylation sites is 1. The van der Waals surface area contributed by atoms with Gasteiger partial charge in [-0.3, -0.25) is 4.79 Å². The van der Waals surface area contributed by atoms with Crippen LogP contribution in [0.1, 0.15) is 41.9 Å². The maximum Gasteiger partial charge on any atom is 0.251 e. The first-order valence-electron chi connectivity index (χ1n) is 9.87. The second-order valence-corrected chi connectivity index (χ2v) is 9.26. The van der Waals surface area contributed by atoms with E-state index in [0.717, 1.165) is 23.8 Å². The van der Waals surface area contributed by atoms with Crippen molar-refractivity contribution < 1.29 is 22.4 Å². The molecule has 2 aromatic carbocycles. The van der Waals surface area contributed by atoms with Crippen molar-refractivity contribution in [1.29, 1.82) is 0 Å². The summed E-state index contributed by atoms with van der Waals surface area (Å²) >= 11 is 0. The van der Waals surface area contributed by atoms with Gasteiger partial charge in [0.1, 0.15) is 22.0 Å². The van der Waals surface area contributed by atoms with E-state index in [1.165, 1.54) is 23.5 Å². The highest BCUT2D eigenvalue weighted by atomic mass is 32.2. The number of rotatable bonds is 6. The van der Waals surface area contributed by atoms with Crippen molar-refractivity contribution in [3.05, 3.63) is 59.9 Å². The van der Waals surface area contributed by atoms with Crippen molar-refractivity contribution in [3.8, 4) is 5.75 Å². The van der Waals surface area contributed by atoms with Gasteiger partial charge in [-0.25, -0.2) is 8.42 Å². The van der Waals surface area contributed by atoms with Crippen molar-refractivity contribution in [2.24, 2.45) is 0 Å². The number of sulfonamides is 1. The van der Waals surface area contributed by atoms with Gasteiger partial charge in [0, 0.05) is 24.0 Å². The molecule has 1 amide bonds. The average molecular weight is 429 g/mol. The van der Waals surface area contributed by atoms with Gasteiger partial charge >= 0.3 is 0 Å². The van der Waals surface area contributed by atoms with Gasteiger partial charge in [0.2, 0.25) is 10.0 Å². The molecule has 1 saturated heterocycles. The van der Waals surface area contributed by atoms with Crippen LogP contribution in [0.2, 0.25) is 0 Å². The SMILES string of the molecule is COc1ccc(C(=O)NC(C)c2cc3ccccc3o2)cc1S(=O)(=O)N1CCCC1. The molecule has 0 radical (unpaired) electrons. The van der Waals surface area contributed by atoms with Crippen molar-refractivity contribution >= 4 is 26.9 Å². The summed E-state index contributed by atoms with van der Waals surface area (Å²) in [4.78, 5) is 12.9. The number of nitrogens with one attached hydrogen (secondary N) is 1. The number of hydrogen-bond acceptors (Lipinski definition) is 5. The number of carbonyl (C=O) groups excluding carboxylic acids is 1. The van der Waals surface area contributed by atoms with Gasteiger partial charge in [0.05, 0.1) is 13.2 Å². The predicted molar refractivity (Wildman–Crippen MR) is 113 cm³/mol. The van der Waals surface area contributed by atoms with E-state index in [4.69, 9.17) is 9.15 Å². The molecule has 0 aliphatic carbocycles. The molecule has 1 aromatic heterocycles. The first kappa shape index (κ1) is 20.4. The van der Waals surface area contributed by atoms with E-state index in [1.807, 2.05) is 37.3 Å². The standard InChI is InChI=1S/C22H24N2O5S/c1-15(20-13-16-7-3-4-8-18(16)29-20)23-22(25)17-9-10-19(28-2)21(14-17)30(26,27)24-11-5-6-12-24/h3-4,7-10,13-15H,5-6,11-12H2,1-2H3,(H,23,25). The number of furan rings is 1.